The molecule has 5 N–H and O–H groups in total. The molecule has 0 radical (unpaired) electrons. The van der Waals surface area contributed by atoms with Crippen molar-refractivity contribution in [3.05, 3.63) is 40.9 Å². The predicted octanol–water partition coefficient (Wildman–Crippen LogP) is 1.87. The maximum absolute atomic E-state index is 12.9. The van der Waals surface area contributed by atoms with Gasteiger partial charge in [0.05, 0.1) is 30.9 Å². The van der Waals surface area contributed by atoms with E-state index in [1.807, 2.05) is 0 Å². The van der Waals surface area contributed by atoms with E-state index in [1.54, 1.807) is 12.1 Å². The summed E-state index contributed by atoms with van der Waals surface area (Å²) in [6.45, 7) is -0.360. The molecular formula is C17H19BrN4O6S. The van der Waals surface area contributed by atoms with Gasteiger partial charge in [0.15, 0.2) is 0 Å². The summed E-state index contributed by atoms with van der Waals surface area (Å²) in [5.74, 6) is 0.0440. The van der Waals surface area contributed by atoms with Gasteiger partial charge in [0.2, 0.25) is 5.91 Å². The fourth-order valence-electron chi connectivity index (χ4n) is 2.28. The molecule has 2 aromatic carbocycles. The van der Waals surface area contributed by atoms with Gasteiger partial charge >= 0.3 is 6.03 Å². The first-order chi connectivity index (χ1) is 13.7. The highest BCUT2D eigenvalue weighted by Crippen LogP contribution is 2.31. The fraction of sp³-hybridized carbons (Fsp3) is 0.176. The lowest BCUT2D eigenvalue weighted by Gasteiger charge is -2.14. The lowest BCUT2D eigenvalue weighted by Crippen LogP contribution is -2.36. The van der Waals surface area contributed by atoms with Gasteiger partial charge in [-0.1, -0.05) is 0 Å². The molecule has 0 heterocycles. The van der Waals surface area contributed by atoms with Crippen LogP contribution in [0.15, 0.2) is 45.8 Å². The molecule has 0 aromatic heterocycles. The number of carbonyl (C=O) groups excluding carboxylic acids is 2. The Balaban J connectivity index is 2.29. The number of hydrogen-bond donors (Lipinski definition) is 4. The number of rotatable bonds is 8. The van der Waals surface area contributed by atoms with Crippen molar-refractivity contribution in [3.8, 4) is 11.5 Å². The number of hydrogen-bond acceptors (Lipinski definition) is 6. The van der Waals surface area contributed by atoms with Gasteiger partial charge in [-0.25, -0.2) is 13.2 Å². The topological polar surface area (TPSA) is 149 Å². The molecule has 2 aromatic rings. The van der Waals surface area contributed by atoms with Gasteiger partial charge in [-0.3, -0.25) is 9.52 Å². The zero-order valence-corrected chi connectivity index (χ0v) is 17.9. The molecule has 10 nitrogen and oxygen atoms in total. The van der Waals surface area contributed by atoms with E-state index >= 15 is 0 Å². The van der Waals surface area contributed by atoms with Crippen LogP contribution >= 0.6 is 15.9 Å². The first-order valence-electron chi connectivity index (χ1n) is 8.04. The van der Waals surface area contributed by atoms with E-state index < -0.39 is 22.0 Å². The van der Waals surface area contributed by atoms with E-state index in [0.29, 0.717) is 15.9 Å². The summed E-state index contributed by atoms with van der Waals surface area (Å²) in [7, 11) is -1.23. The highest BCUT2D eigenvalue weighted by Gasteiger charge is 2.21. The maximum atomic E-state index is 12.9. The van der Waals surface area contributed by atoms with E-state index in [0.717, 1.165) is 0 Å². The van der Waals surface area contributed by atoms with Crippen molar-refractivity contribution >= 4 is 49.3 Å². The Labute approximate surface area is 175 Å². The number of ether oxygens (including phenoxy) is 2. The molecule has 0 saturated heterocycles. The Morgan fingerprint density at radius 1 is 1.03 bits per heavy atom. The number of amides is 3. The largest absolute Gasteiger partial charge is 0.496 e. The predicted molar refractivity (Wildman–Crippen MR) is 111 cm³/mol. The Hall–Kier alpha value is -2.99. The molecule has 0 fully saturated rings. The quantitative estimate of drug-likeness (QED) is 0.447. The number of anilines is 2. The standard InChI is InChI=1S/C17H19BrN4O6S/c1-27-13-5-4-11(7-12(13)18)22-29(25,26)15-8-10(3-6-14(15)28-2)21-16(23)9-20-17(19)24/h3-8,22H,9H2,1-2H3,(H,21,23)(H3,19,20,24). The van der Waals surface area contributed by atoms with Crippen LogP contribution < -0.4 is 30.6 Å². The van der Waals surface area contributed by atoms with E-state index in [-0.39, 0.29) is 22.9 Å². The summed E-state index contributed by atoms with van der Waals surface area (Å²) < 4.78 is 39.0. The molecule has 0 aliphatic rings. The third kappa shape index (κ3) is 5.99. The summed E-state index contributed by atoms with van der Waals surface area (Å²) >= 11 is 3.29. The third-order valence-corrected chi connectivity index (χ3v) is 5.59. The van der Waals surface area contributed by atoms with E-state index in [4.69, 9.17) is 15.2 Å². The van der Waals surface area contributed by atoms with E-state index in [2.05, 4.69) is 31.3 Å². The highest BCUT2D eigenvalue weighted by atomic mass is 79.9. The van der Waals surface area contributed by atoms with Gasteiger partial charge in [-0.15, -0.1) is 0 Å². The van der Waals surface area contributed by atoms with Gasteiger partial charge in [0.1, 0.15) is 16.4 Å². The molecule has 0 aliphatic heterocycles. The molecule has 0 spiro atoms. The number of primary amides is 1. The molecule has 0 atom stereocenters. The van der Waals surface area contributed by atoms with Crippen molar-refractivity contribution in [1.82, 2.24) is 5.32 Å². The van der Waals surface area contributed by atoms with Crippen LogP contribution in [-0.2, 0) is 14.8 Å². The Morgan fingerprint density at radius 2 is 1.66 bits per heavy atom. The van der Waals surface area contributed by atoms with E-state index in [1.165, 1.54) is 38.5 Å². The summed E-state index contributed by atoms with van der Waals surface area (Å²) in [5, 5.41) is 4.61. The van der Waals surface area contributed by atoms with Crippen molar-refractivity contribution in [2.24, 2.45) is 5.73 Å². The van der Waals surface area contributed by atoms with Crippen LogP contribution in [-0.4, -0.2) is 41.1 Å². The van der Waals surface area contributed by atoms with Crippen molar-refractivity contribution in [2.75, 3.05) is 30.8 Å². The van der Waals surface area contributed by atoms with Gasteiger partial charge in [-0.05, 0) is 52.3 Å². The molecule has 0 unspecified atom stereocenters. The summed E-state index contributed by atoms with van der Waals surface area (Å²) in [6.07, 6.45) is 0. The van der Waals surface area contributed by atoms with Crippen LogP contribution in [0.25, 0.3) is 0 Å². The van der Waals surface area contributed by atoms with Gasteiger partial charge in [0, 0.05) is 5.69 Å². The van der Waals surface area contributed by atoms with Crippen LogP contribution in [0.4, 0.5) is 16.2 Å². The second-order valence-electron chi connectivity index (χ2n) is 5.59. The lowest BCUT2D eigenvalue weighted by atomic mass is 10.3. The molecule has 2 rings (SSSR count). The average Bonchev–Trinajstić information content (AvgIpc) is 2.66. The van der Waals surface area contributed by atoms with Crippen LogP contribution in [0.2, 0.25) is 0 Å². The van der Waals surface area contributed by atoms with Crippen LogP contribution in [0, 0.1) is 0 Å². The Kier molecular flexibility index (Phi) is 7.29. The third-order valence-electron chi connectivity index (χ3n) is 3.56. The lowest BCUT2D eigenvalue weighted by molar-refractivity contribution is -0.115. The fourth-order valence-corrected chi connectivity index (χ4v) is 4.06. The minimum absolute atomic E-state index is 0.0818. The van der Waals surface area contributed by atoms with Gasteiger partial charge < -0.3 is 25.8 Å². The number of halogens is 1. The van der Waals surface area contributed by atoms with Gasteiger partial charge in [-0.2, -0.15) is 0 Å². The van der Waals surface area contributed by atoms with E-state index in [9.17, 15) is 18.0 Å². The van der Waals surface area contributed by atoms with Crippen molar-refractivity contribution < 1.29 is 27.5 Å². The summed E-state index contributed by atoms with van der Waals surface area (Å²) in [4.78, 5) is 22.3. The molecular weight excluding hydrogens is 468 g/mol. The first-order valence-corrected chi connectivity index (χ1v) is 10.3. The first kappa shape index (κ1) is 22.3. The SMILES string of the molecule is COc1ccc(NS(=O)(=O)c2cc(NC(=O)CNC(N)=O)ccc2OC)cc1Br. The van der Waals surface area contributed by atoms with Crippen LogP contribution in [0.3, 0.4) is 0 Å². The summed E-state index contributed by atoms with van der Waals surface area (Å²) in [5.41, 5.74) is 5.39. The Morgan fingerprint density at radius 3 is 2.24 bits per heavy atom. The second-order valence-corrected chi connectivity index (χ2v) is 8.09. The number of benzene rings is 2. The monoisotopic (exact) mass is 486 g/mol. The normalized spacial score (nSPS) is 10.7. The molecule has 156 valence electrons. The highest BCUT2D eigenvalue weighted by molar-refractivity contribution is 9.10. The number of nitrogens with one attached hydrogen (secondary N) is 3. The maximum Gasteiger partial charge on any atom is 0.312 e. The molecule has 29 heavy (non-hydrogen) atoms. The number of methoxy groups -OCH3 is 2. The number of nitrogens with two attached hydrogens (primary N) is 1. The zero-order valence-electron chi connectivity index (χ0n) is 15.5. The number of carbonyl (C=O) groups is 2. The molecule has 0 bridgehead atoms. The average molecular weight is 487 g/mol. The number of urea groups is 1. The van der Waals surface area contributed by atoms with Crippen molar-refractivity contribution in [1.29, 1.82) is 0 Å². The van der Waals surface area contributed by atoms with Crippen molar-refractivity contribution in [3.63, 3.8) is 0 Å². The minimum atomic E-state index is -4.05. The molecule has 3 amide bonds. The molecule has 12 heteroatoms. The van der Waals surface area contributed by atoms with Crippen LogP contribution in [0.1, 0.15) is 0 Å². The summed E-state index contributed by atoms with van der Waals surface area (Å²) in [6, 6.07) is 7.93. The number of sulfonamides is 1. The van der Waals surface area contributed by atoms with Gasteiger partial charge in [0.25, 0.3) is 10.0 Å². The molecule has 0 saturated carbocycles. The zero-order chi connectivity index (χ0) is 21.6. The minimum Gasteiger partial charge on any atom is -0.496 e. The molecule has 0 aliphatic carbocycles. The smallest absolute Gasteiger partial charge is 0.312 e. The Bertz CT molecular complexity index is 1030. The second kappa shape index (κ2) is 9.47. The van der Waals surface area contributed by atoms with Crippen molar-refractivity contribution in [2.45, 2.75) is 4.90 Å². The van der Waals surface area contributed by atoms with Crippen LogP contribution in [0.5, 0.6) is 11.5 Å².